The summed E-state index contributed by atoms with van der Waals surface area (Å²) >= 11 is 0. The van der Waals surface area contributed by atoms with Gasteiger partial charge in [0.25, 0.3) is 5.91 Å². The molecule has 1 saturated carbocycles. The van der Waals surface area contributed by atoms with E-state index in [1.807, 2.05) is 0 Å². The first-order chi connectivity index (χ1) is 13.1. The van der Waals surface area contributed by atoms with Crippen LogP contribution in [0.25, 0.3) is 0 Å². The van der Waals surface area contributed by atoms with Gasteiger partial charge in [-0.05, 0) is 38.0 Å². The highest BCUT2D eigenvalue weighted by atomic mass is 32.2. The molecule has 2 rings (SSSR count). The van der Waals surface area contributed by atoms with Crippen LogP contribution in [0.4, 0.5) is 0 Å². The van der Waals surface area contributed by atoms with Crippen molar-refractivity contribution in [3.05, 3.63) is 29.8 Å². The van der Waals surface area contributed by atoms with Crippen LogP contribution in [-0.4, -0.2) is 50.3 Å². The SMILES string of the molecule is C[C@@H](OC(=O)c1cccc(S(=O)(=O)N(C)C)c1)C(=O)NC1(C#N)CCCCC1. The van der Waals surface area contributed by atoms with E-state index in [1.54, 1.807) is 0 Å². The first kappa shape index (κ1) is 21.9. The second-order valence-electron chi connectivity index (χ2n) is 7.11. The van der Waals surface area contributed by atoms with Gasteiger partial charge < -0.3 is 10.1 Å². The molecule has 1 N–H and O–H groups in total. The summed E-state index contributed by atoms with van der Waals surface area (Å²) in [5.41, 5.74) is -0.898. The highest BCUT2D eigenvalue weighted by Crippen LogP contribution is 2.27. The lowest BCUT2D eigenvalue weighted by Gasteiger charge is -2.32. The number of carbonyl (C=O) groups is 2. The van der Waals surface area contributed by atoms with Gasteiger partial charge in [-0.15, -0.1) is 0 Å². The van der Waals surface area contributed by atoms with Crippen molar-refractivity contribution in [2.75, 3.05) is 14.1 Å². The third kappa shape index (κ3) is 4.88. The molecule has 0 aromatic heterocycles. The van der Waals surface area contributed by atoms with E-state index < -0.39 is 33.5 Å². The number of nitrogens with zero attached hydrogens (tertiary/aromatic N) is 2. The monoisotopic (exact) mass is 407 g/mol. The number of rotatable bonds is 6. The van der Waals surface area contributed by atoms with Gasteiger partial charge in [-0.3, -0.25) is 4.79 Å². The smallest absolute Gasteiger partial charge is 0.338 e. The Morgan fingerprint density at radius 1 is 1.25 bits per heavy atom. The summed E-state index contributed by atoms with van der Waals surface area (Å²) in [6.07, 6.45) is 2.76. The zero-order chi connectivity index (χ0) is 20.9. The van der Waals surface area contributed by atoms with E-state index in [0.29, 0.717) is 12.8 Å². The molecular formula is C19H25N3O5S. The number of carbonyl (C=O) groups excluding carboxylic acids is 2. The lowest BCUT2D eigenvalue weighted by molar-refractivity contribution is -0.130. The van der Waals surface area contributed by atoms with Gasteiger partial charge in [-0.2, -0.15) is 5.26 Å². The average Bonchev–Trinajstić information content (AvgIpc) is 2.68. The predicted molar refractivity (Wildman–Crippen MR) is 102 cm³/mol. The summed E-state index contributed by atoms with van der Waals surface area (Å²) in [5, 5.41) is 12.2. The minimum absolute atomic E-state index is 0.0234. The van der Waals surface area contributed by atoms with Crippen LogP contribution in [-0.2, 0) is 19.6 Å². The normalized spacial score (nSPS) is 17.4. The number of nitriles is 1. The van der Waals surface area contributed by atoms with Crippen molar-refractivity contribution in [1.82, 2.24) is 9.62 Å². The standard InChI is InChI=1S/C19H25N3O5S/c1-14(17(23)21-19(13-20)10-5-4-6-11-19)27-18(24)15-8-7-9-16(12-15)28(25,26)22(2)3/h7-9,12,14H,4-6,10-11H2,1-3H3,(H,21,23)/t14-/m1/s1. The highest BCUT2D eigenvalue weighted by Gasteiger charge is 2.35. The average molecular weight is 407 g/mol. The van der Waals surface area contributed by atoms with E-state index >= 15 is 0 Å². The fraction of sp³-hybridized carbons (Fsp3) is 0.526. The molecule has 152 valence electrons. The van der Waals surface area contributed by atoms with E-state index in [1.165, 1.54) is 45.3 Å². The van der Waals surface area contributed by atoms with Gasteiger partial charge in [0, 0.05) is 14.1 Å². The van der Waals surface area contributed by atoms with E-state index in [9.17, 15) is 23.3 Å². The van der Waals surface area contributed by atoms with Gasteiger partial charge in [0.15, 0.2) is 6.10 Å². The summed E-state index contributed by atoms with van der Waals surface area (Å²) in [4.78, 5) is 24.7. The first-order valence-electron chi connectivity index (χ1n) is 9.08. The Hall–Kier alpha value is -2.44. The van der Waals surface area contributed by atoms with Crippen molar-refractivity contribution in [3.8, 4) is 6.07 Å². The number of hydrogen-bond donors (Lipinski definition) is 1. The number of ether oxygens (including phenoxy) is 1. The molecule has 0 radical (unpaired) electrons. The van der Waals surface area contributed by atoms with Crippen LogP contribution in [0.3, 0.4) is 0 Å². The van der Waals surface area contributed by atoms with Gasteiger partial charge in [-0.1, -0.05) is 25.3 Å². The van der Waals surface area contributed by atoms with Gasteiger partial charge in [0.05, 0.1) is 16.5 Å². The summed E-state index contributed by atoms with van der Waals surface area (Å²) in [5.74, 6) is -1.36. The molecule has 8 nitrogen and oxygen atoms in total. The van der Waals surface area contributed by atoms with E-state index in [0.717, 1.165) is 23.6 Å². The molecule has 0 heterocycles. The van der Waals surface area contributed by atoms with E-state index in [4.69, 9.17) is 4.74 Å². The molecule has 28 heavy (non-hydrogen) atoms. The third-order valence-electron chi connectivity index (χ3n) is 4.78. The van der Waals surface area contributed by atoms with Gasteiger partial charge in [0.1, 0.15) is 5.54 Å². The maximum absolute atomic E-state index is 12.4. The van der Waals surface area contributed by atoms with Crippen molar-refractivity contribution < 1.29 is 22.7 Å². The number of benzene rings is 1. The predicted octanol–water partition coefficient (Wildman–Crippen LogP) is 1.82. The van der Waals surface area contributed by atoms with Gasteiger partial charge in [0.2, 0.25) is 10.0 Å². The minimum Gasteiger partial charge on any atom is -0.449 e. The van der Waals surface area contributed by atoms with Crippen LogP contribution in [0.15, 0.2) is 29.2 Å². The van der Waals surface area contributed by atoms with Crippen molar-refractivity contribution in [3.63, 3.8) is 0 Å². The second-order valence-corrected chi connectivity index (χ2v) is 9.26. The van der Waals surface area contributed by atoms with Crippen LogP contribution in [0.2, 0.25) is 0 Å². The Balaban J connectivity index is 2.08. The van der Waals surface area contributed by atoms with Crippen molar-refractivity contribution in [2.45, 2.75) is 55.6 Å². The summed E-state index contributed by atoms with van der Waals surface area (Å²) in [6.45, 7) is 1.42. The van der Waals surface area contributed by atoms with E-state index in [2.05, 4.69) is 11.4 Å². The van der Waals surface area contributed by atoms with Crippen LogP contribution < -0.4 is 5.32 Å². The van der Waals surface area contributed by atoms with Crippen LogP contribution in [0.5, 0.6) is 0 Å². The Bertz CT molecular complexity index is 883. The van der Waals surface area contributed by atoms with Crippen molar-refractivity contribution in [1.29, 1.82) is 5.26 Å². The highest BCUT2D eigenvalue weighted by molar-refractivity contribution is 7.89. The first-order valence-corrected chi connectivity index (χ1v) is 10.5. The number of esters is 1. The summed E-state index contributed by atoms with van der Waals surface area (Å²) < 4.78 is 30.6. The second kappa shape index (κ2) is 8.71. The van der Waals surface area contributed by atoms with Gasteiger partial charge in [-0.25, -0.2) is 17.5 Å². The molecule has 1 aromatic carbocycles. The summed E-state index contributed by atoms with van der Waals surface area (Å²) in [7, 11) is -0.914. The molecule has 9 heteroatoms. The number of nitrogens with one attached hydrogen (secondary N) is 1. The van der Waals surface area contributed by atoms with Crippen LogP contribution >= 0.6 is 0 Å². The molecular weight excluding hydrogens is 382 g/mol. The summed E-state index contributed by atoms with van der Waals surface area (Å²) in [6, 6.07) is 7.62. The van der Waals surface area contributed by atoms with Crippen molar-refractivity contribution >= 4 is 21.9 Å². The molecule has 1 amide bonds. The number of sulfonamides is 1. The fourth-order valence-corrected chi connectivity index (χ4v) is 3.98. The molecule has 0 aliphatic heterocycles. The Kier molecular flexibility index (Phi) is 6.80. The maximum Gasteiger partial charge on any atom is 0.338 e. The molecule has 1 aliphatic carbocycles. The third-order valence-corrected chi connectivity index (χ3v) is 6.60. The van der Waals surface area contributed by atoms with E-state index in [-0.39, 0.29) is 10.5 Å². The van der Waals surface area contributed by atoms with Crippen LogP contribution in [0, 0.1) is 11.3 Å². The molecule has 1 aliphatic rings. The lowest BCUT2D eigenvalue weighted by atomic mass is 9.83. The van der Waals surface area contributed by atoms with Crippen LogP contribution in [0.1, 0.15) is 49.4 Å². The van der Waals surface area contributed by atoms with Gasteiger partial charge >= 0.3 is 5.97 Å². The lowest BCUT2D eigenvalue weighted by Crippen LogP contribution is -2.52. The zero-order valence-corrected chi connectivity index (χ0v) is 17.1. The maximum atomic E-state index is 12.4. The molecule has 0 unspecified atom stereocenters. The molecule has 0 saturated heterocycles. The molecule has 1 atom stereocenters. The number of hydrogen-bond acceptors (Lipinski definition) is 6. The topological polar surface area (TPSA) is 117 Å². The Labute approximate surface area is 165 Å². The quantitative estimate of drug-likeness (QED) is 0.719. The Morgan fingerprint density at radius 2 is 1.89 bits per heavy atom. The molecule has 0 bridgehead atoms. The minimum atomic E-state index is -3.70. The molecule has 1 fully saturated rings. The zero-order valence-electron chi connectivity index (χ0n) is 16.3. The Morgan fingerprint density at radius 3 is 2.46 bits per heavy atom. The molecule has 1 aromatic rings. The largest absolute Gasteiger partial charge is 0.449 e. The van der Waals surface area contributed by atoms with Crippen molar-refractivity contribution in [2.24, 2.45) is 0 Å². The fourth-order valence-electron chi connectivity index (χ4n) is 3.03. The number of amides is 1. The molecule has 0 spiro atoms.